The van der Waals surface area contributed by atoms with Crippen LogP contribution in [0.15, 0.2) is 17.3 Å². The standard InChI is InChI=1S/C18H22ClF3N6S/c1-10-15(29-11(2)26-10)8-25-17(23-3)27-13-4-5-28(9-13)16-14(19)6-12(7-24-16)18(20,21)22/h6-7,13H,4-5,8-9H2,1-3H3,(H2,23,25,27). The Bertz CT molecular complexity index is 898. The second-order valence-corrected chi connectivity index (χ2v) is 8.47. The SMILES string of the molecule is CN=C(NCc1sc(C)nc1C)NC1CCN(c2ncc(C(F)(F)F)cc2Cl)C1. The molecule has 1 aliphatic heterocycles. The number of anilines is 1. The van der Waals surface area contributed by atoms with E-state index in [4.69, 9.17) is 11.6 Å². The van der Waals surface area contributed by atoms with E-state index in [9.17, 15) is 13.2 Å². The minimum absolute atomic E-state index is 0.000905. The Morgan fingerprint density at radius 2 is 2.17 bits per heavy atom. The van der Waals surface area contributed by atoms with Gasteiger partial charge in [-0.15, -0.1) is 11.3 Å². The average Bonchev–Trinajstić information content (AvgIpc) is 3.23. The minimum Gasteiger partial charge on any atom is -0.353 e. The van der Waals surface area contributed by atoms with Gasteiger partial charge in [0, 0.05) is 37.3 Å². The molecule has 6 nitrogen and oxygen atoms in total. The van der Waals surface area contributed by atoms with E-state index in [1.54, 1.807) is 18.4 Å². The molecular formula is C18H22ClF3N6S. The molecule has 2 aromatic heterocycles. The van der Waals surface area contributed by atoms with Crippen molar-refractivity contribution in [3.8, 4) is 0 Å². The van der Waals surface area contributed by atoms with Crippen LogP contribution in [0.3, 0.4) is 0 Å². The van der Waals surface area contributed by atoms with Crippen LogP contribution in [0.2, 0.25) is 5.02 Å². The van der Waals surface area contributed by atoms with E-state index in [0.717, 1.165) is 34.3 Å². The van der Waals surface area contributed by atoms with Crippen LogP contribution in [-0.4, -0.2) is 42.1 Å². The van der Waals surface area contributed by atoms with E-state index in [1.807, 2.05) is 18.7 Å². The van der Waals surface area contributed by atoms with E-state index < -0.39 is 11.7 Å². The second kappa shape index (κ2) is 8.74. The summed E-state index contributed by atoms with van der Waals surface area (Å²) in [6.07, 6.45) is -2.85. The average molecular weight is 447 g/mol. The quantitative estimate of drug-likeness (QED) is 0.553. The van der Waals surface area contributed by atoms with E-state index >= 15 is 0 Å². The molecule has 0 aliphatic carbocycles. The molecule has 0 saturated carbocycles. The monoisotopic (exact) mass is 446 g/mol. The zero-order chi connectivity index (χ0) is 21.2. The molecule has 158 valence electrons. The summed E-state index contributed by atoms with van der Waals surface area (Å²) in [5.74, 6) is 1.02. The van der Waals surface area contributed by atoms with Gasteiger partial charge in [0.25, 0.3) is 0 Å². The number of halogens is 4. The predicted molar refractivity (Wildman–Crippen MR) is 110 cm³/mol. The number of thiazole rings is 1. The first kappa shape index (κ1) is 21.6. The molecule has 29 heavy (non-hydrogen) atoms. The van der Waals surface area contributed by atoms with Crippen LogP contribution in [0.4, 0.5) is 19.0 Å². The summed E-state index contributed by atoms with van der Waals surface area (Å²) in [5, 5.41) is 7.65. The summed E-state index contributed by atoms with van der Waals surface area (Å²) in [5.41, 5.74) is 0.156. The first-order chi connectivity index (χ1) is 13.7. The number of rotatable bonds is 4. The highest BCUT2D eigenvalue weighted by Gasteiger charge is 2.33. The number of pyridine rings is 1. The lowest BCUT2D eigenvalue weighted by molar-refractivity contribution is -0.137. The first-order valence-electron chi connectivity index (χ1n) is 9.05. The number of aliphatic imine (C=N–C) groups is 1. The Hall–Kier alpha value is -2.07. The number of guanidine groups is 1. The van der Waals surface area contributed by atoms with Crippen molar-refractivity contribution in [2.24, 2.45) is 4.99 Å². The summed E-state index contributed by atoms with van der Waals surface area (Å²) in [6.45, 7) is 5.78. The Morgan fingerprint density at radius 3 is 2.76 bits per heavy atom. The van der Waals surface area contributed by atoms with Crippen molar-refractivity contribution in [1.29, 1.82) is 0 Å². The summed E-state index contributed by atoms with van der Waals surface area (Å²) in [7, 11) is 1.70. The maximum absolute atomic E-state index is 12.8. The van der Waals surface area contributed by atoms with Crippen molar-refractivity contribution in [2.75, 3.05) is 25.0 Å². The smallest absolute Gasteiger partial charge is 0.353 e. The van der Waals surface area contributed by atoms with Crippen LogP contribution < -0.4 is 15.5 Å². The lowest BCUT2D eigenvalue weighted by Gasteiger charge is -2.21. The maximum Gasteiger partial charge on any atom is 0.417 e. The van der Waals surface area contributed by atoms with Gasteiger partial charge in [0.15, 0.2) is 5.96 Å². The Labute approximate surface area is 176 Å². The number of aromatic nitrogens is 2. The van der Waals surface area contributed by atoms with Gasteiger partial charge < -0.3 is 15.5 Å². The molecule has 1 aliphatic rings. The van der Waals surface area contributed by atoms with Crippen LogP contribution in [0.1, 0.15) is 27.6 Å². The normalized spacial score (nSPS) is 17.7. The van der Waals surface area contributed by atoms with E-state index in [2.05, 4.69) is 25.6 Å². The fourth-order valence-corrected chi connectivity index (χ4v) is 4.34. The van der Waals surface area contributed by atoms with Gasteiger partial charge in [-0.2, -0.15) is 13.2 Å². The Balaban J connectivity index is 1.58. The minimum atomic E-state index is -4.46. The third-order valence-corrected chi connectivity index (χ3v) is 5.97. The van der Waals surface area contributed by atoms with Crippen molar-refractivity contribution in [2.45, 2.75) is 39.0 Å². The molecule has 2 N–H and O–H groups in total. The van der Waals surface area contributed by atoms with Crippen molar-refractivity contribution >= 4 is 34.7 Å². The molecule has 11 heteroatoms. The molecule has 1 atom stereocenters. The third-order valence-electron chi connectivity index (χ3n) is 4.62. The number of alkyl halides is 3. The van der Waals surface area contributed by atoms with Crippen LogP contribution in [0, 0.1) is 13.8 Å². The van der Waals surface area contributed by atoms with E-state index in [0.29, 0.717) is 31.4 Å². The van der Waals surface area contributed by atoms with Crippen LogP contribution in [0.5, 0.6) is 0 Å². The van der Waals surface area contributed by atoms with Gasteiger partial charge in [-0.05, 0) is 26.3 Å². The molecule has 1 fully saturated rings. The van der Waals surface area contributed by atoms with Gasteiger partial charge in [0.2, 0.25) is 0 Å². The molecule has 1 saturated heterocycles. The highest BCUT2D eigenvalue weighted by atomic mass is 35.5. The molecule has 0 amide bonds. The number of nitrogens with one attached hydrogen (secondary N) is 2. The molecule has 0 radical (unpaired) electrons. The molecule has 0 spiro atoms. The lowest BCUT2D eigenvalue weighted by Crippen LogP contribution is -2.44. The van der Waals surface area contributed by atoms with Gasteiger partial charge >= 0.3 is 6.18 Å². The first-order valence-corrected chi connectivity index (χ1v) is 10.2. The van der Waals surface area contributed by atoms with Crippen LogP contribution in [-0.2, 0) is 12.7 Å². The lowest BCUT2D eigenvalue weighted by atomic mass is 10.2. The Morgan fingerprint density at radius 1 is 1.41 bits per heavy atom. The molecule has 0 aromatic carbocycles. The molecule has 3 heterocycles. The molecule has 1 unspecified atom stereocenters. The topological polar surface area (TPSA) is 65.4 Å². The van der Waals surface area contributed by atoms with Gasteiger partial charge in [0.05, 0.1) is 27.8 Å². The van der Waals surface area contributed by atoms with Crippen molar-refractivity contribution in [3.63, 3.8) is 0 Å². The maximum atomic E-state index is 12.8. The molecule has 2 aromatic rings. The summed E-state index contributed by atoms with van der Waals surface area (Å²) >= 11 is 7.71. The molecule has 3 rings (SSSR count). The van der Waals surface area contributed by atoms with Crippen molar-refractivity contribution in [3.05, 3.63) is 38.4 Å². The fourth-order valence-electron chi connectivity index (χ4n) is 3.18. The number of hydrogen-bond acceptors (Lipinski definition) is 5. The van der Waals surface area contributed by atoms with Gasteiger partial charge in [0.1, 0.15) is 5.82 Å². The zero-order valence-electron chi connectivity index (χ0n) is 16.3. The van der Waals surface area contributed by atoms with Crippen LogP contribution in [0.25, 0.3) is 0 Å². The second-order valence-electron chi connectivity index (χ2n) is 6.77. The predicted octanol–water partition coefficient (Wildman–Crippen LogP) is 3.77. The zero-order valence-corrected chi connectivity index (χ0v) is 17.8. The van der Waals surface area contributed by atoms with Gasteiger partial charge in [-0.3, -0.25) is 4.99 Å². The van der Waals surface area contributed by atoms with Crippen LogP contribution >= 0.6 is 22.9 Å². The van der Waals surface area contributed by atoms with E-state index in [1.165, 1.54) is 0 Å². The molecule has 0 bridgehead atoms. The van der Waals surface area contributed by atoms with E-state index in [-0.39, 0.29) is 11.1 Å². The fraction of sp³-hybridized carbons (Fsp3) is 0.500. The van der Waals surface area contributed by atoms with Crippen molar-refractivity contribution in [1.82, 2.24) is 20.6 Å². The Kier molecular flexibility index (Phi) is 6.52. The highest BCUT2D eigenvalue weighted by molar-refractivity contribution is 7.11. The summed E-state index contributed by atoms with van der Waals surface area (Å²) < 4.78 is 38.4. The summed E-state index contributed by atoms with van der Waals surface area (Å²) in [4.78, 5) is 15.6. The van der Waals surface area contributed by atoms with Crippen molar-refractivity contribution < 1.29 is 13.2 Å². The number of hydrogen-bond donors (Lipinski definition) is 2. The number of nitrogens with zero attached hydrogens (tertiary/aromatic N) is 4. The largest absolute Gasteiger partial charge is 0.417 e. The summed E-state index contributed by atoms with van der Waals surface area (Å²) in [6, 6.07) is 0.996. The highest BCUT2D eigenvalue weighted by Crippen LogP contribution is 2.34. The number of aryl methyl sites for hydroxylation is 2. The molecular weight excluding hydrogens is 425 g/mol. The third kappa shape index (κ3) is 5.30. The van der Waals surface area contributed by atoms with Gasteiger partial charge in [-0.1, -0.05) is 11.6 Å². The van der Waals surface area contributed by atoms with Gasteiger partial charge in [-0.25, -0.2) is 9.97 Å².